The molecule has 110 valence electrons. The summed E-state index contributed by atoms with van der Waals surface area (Å²) >= 11 is 0. The molecule has 1 heterocycles. The average molecular weight is 276 g/mol. The molecule has 1 aromatic rings. The molecule has 0 bridgehead atoms. The van der Waals surface area contributed by atoms with Gasteiger partial charge in [-0.2, -0.15) is 0 Å². The van der Waals surface area contributed by atoms with Gasteiger partial charge in [0.1, 0.15) is 6.04 Å². The summed E-state index contributed by atoms with van der Waals surface area (Å²) in [4.78, 5) is 12.4. The number of nitrogens with one attached hydrogen (secondary N) is 2. The summed E-state index contributed by atoms with van der Waals surface area (Å²) in [6.07, 6.45) is 1.74. The Morgan fingerprint density at radius 2 is 2.20 bits per heavy atom. The highest BCUT2D eigenvalue weighted by Crippen LogP contribution is 2.23. The first kappa shape index (κ1) is 15.0. The summed E-state index contributed by atoms with van der Waals surface area (Å²) in [6.45, 7) is 4.97. The molecule has 0 aromatic heterocycles. The summed E-state index contributed by atoms with van der Waals surface area (Å²) in [5.41, 5.74) is 2.29. The van der Waals surface area contributed by atoms with E-state index in [1.807, 2.05) is 18.2 Å². The summed E-state index contributed by atoms with van der Waals surface area (Å²) in [6, 6.07) is 7.58. The number of carbonyl (C=O) groups is 1. The second kappa shape index (κ2) is 6.86. The van der Waals surface area contributed by atoms with E-state index in [-0.39, 0.29) is 24.6 Å². The molecule has 0 radical (unpaired) electrons. The molecule has 1 amide bonds. The lowest BCUT2D eigenvalue weighted by Crippen LogP contribution is -2.46. The number of hydrogen-bond donors (Lipinski definition) is 3. The van der Waals surface area contributed by atoms with Crippen molar-refractivity contribution >= 4 is 5.91 Å². The van der Waals surface area contributed by atoms with Crippen LogP contribution in [0.4, 0.5) is 0 Å². The monoisotopic (exact) mass is 276 g/mol. The lowest BCUT2D eigenvalue weighted by Gasteiger charge is -2.28. The van der Waals surface area contributed by atoms with Crippen LogP contribution in [-0.2, 0) is 11.2 Å². The third-order valence-electron chi connectivity index (χ3n) is 3.69. The van der Waals surface area contributed by atoms with Crippen LogP contribution >= 0.6 is 0 Å². The summed E-state index contributed by atoms with van der Waals surface area (Å²) in [5.74, 6) is 0.399. The van der Waals surface area contributed by atoms with E-state index in [4.69, 9.17) is 0 Å². The van der Waals surface area contributed by atoms with E-state index in [2.05, 4.69) is 30.5 Å². The fourth-order valence-corrected chi connectivity index (χ4v) is 2.77. The molecule has 1 aliphatic rings. The fourth-order valence-electron chi connectivity index (χ4n) is 2.77. The summed E-state index contributed by atoms with van der Waals surface area (Å²) < 4.78 is 0. The van der Waals surface area contributed by atoms with Gasteiger partial charge in [-0.25, -0.2) is 0 Å². The highest BCUT2D eigenvalue weighted by molar-refractivity contribution is 5.84. The molecule has 20 heavy (non-hydrogen) atoms. The second-order valence-corrected chi connectivity index (χ2v) is 5.85. The van der Waals surface area contributed by atoms with Crippen LogP contribution in [0.15, 0.2) is 24.3 Å². The van der Waals surface area contributed by atoms with Crippen molar-refractivity contribution in [2.75, 3.05) is 13.2 Å². The van der Waals surface area contributed by atoms with E-state index in [1.165, 1.54) is 5.56 Å². The van der Waals surface area contributed by atoms with Crippen molar-refractivity contribution in [3.63, 3.8) is 0 Å². The molecule has 0 aliphatic carbocycles. The van der Waals surface area contributed by atoms with E-state index in [9.17, 15) is 9.90 Å². The number of carbonyl (C=O) groups excluding carboxylic acids is 1. The highest BCUT2D eigenvalue weighted by atomic mass is 16.3. The van der Waals surface area contributed by atoms with Crippen molar-refractivity contribution in [2.45, 2.75) is 38.8 Å². The van der Waals surface area contributed by atoms with Crippen LogP contribution in [0.25, 0.3) is 0 Å². The van der Waals surface area contributed by atoms with E-state index < -0.39 is 0 Å². The molecule has 1 aliphatic heterocycles. The normalized spacial score (nSPS) is 19.5. The minimum atomic E-state index is -0.304. The minimum absolute atomic E-state index is 0.0156. The SMILES string of the molecule is CC(C)CC(CO)NC(=O)C1NCCc2ccccc21. The molecule has 2 atom stereocenters. The van der Waals surface area contributed by atoms with Gasteiger partial charge in [-0.3, -0.25) is 4.79 Å². The van der Waals surface area contributed by atoms with Gasteiger partial charge in [0.2, 0.25) is 5.91 Å². The molecule has 1 aromatic carbocycles. The first-order valence-corrected chi connectivity index (χ1v) is 7.34. The maximum absolute atomic E-state index is 12.4. The first-order chi connectivity index (χ1) is 9.61. The van der Waals surface area contributed by atoms with Crippen LogP contribution in [0.1, 0.15) is 37.4 Å². The maximum atomic E-state index is 12.4. The molecule has 0 spiro atoms. The Morgan fingerprint density at radius 1 is 1.45 bits per heavy atom. The molecule has 2 rings (SSSR count). The number of aliphatic hydroxyl groups excluding tert-OH is 1. The summed E-state index contributed by atoms with van der Waals surface area (Å²) in [5, 5.41) is 15.6. The lowest BCUT2D eigenvalue weighted by molar-refractivity contribution is -0.124. The van der Waals surface area contributed by atoms with Gasteiger partial charge in [0, 0.05) is 6.54 Å². The van der Waals surface area contributed by atoms with Crippen molar-refractivity contribution < 1.29 is 9.90 Å². The van der Waals surface area contributed by atoms with Gasteiger partial charge < -0.3 is 15.7 Å². The number of amides is 1. The second-order valence-electron chi connectivity index (χ2n) is 5.85. The predicted octanol–water partition coefficient (Wildman–Crippen LogP) is 1.40. The third kappa shape index (κ3) is 3.58. The summed E-state index contributed by atoms with van der Waals surface area (Å²) in [7, 11) is 0. The smallest absolute Gasteiger partial charge is 0.242 e. The zero-order chi connectivity index (χ0) is 14.5. The molecular formula is C16H24N2O2. The number of aliphatic hydroxyl groups is 1. The Labute approximate surface area is 120 Å². The molecule has 3 N–H and O–H groups in total. The molecule has 0 saturated heterocycles. The Balaban J connectivity index is 2.06. The van der Waals surface area contributed by atoms with Crippen molar-refractivity contribution in [1.82, 2.24) is 10.6 Å². The van der Waals surface area contributed by atoms with E-state index >= 15 is 0 Å². The fraction of sp³-hybridized carbons (Fsp3) is 0.562. The number of hydrogen-bond acceptors (Lipinski definition) is 3. The van der Waals surface area contributed by atoms with Crippen molar-refractivity contribution in [1.29, 1.82) is 0 Å². The van der Waals surface area contributed by atoms with Gasteiger partial charge in [0.15, 0.2) is 0 Å². The molecular weight excluding hydrogens is 252 g/mol. The number of rotatable bonds is 5. The van der Waals surface area contributed by atoms with Crippen LogP contribution in [0, 0.1) is 5.92 Å². The molecule has 4 heteroatoms. The van der Waals surface area contributed by atoms with Gasteiger partial charge in [0.05, 0.1) is 12.6 Å². The molecule has 0 saturated carbocycles. The van der Waals surface area contributed by atoms with Gasteiger partial charge in [-0.1, -0.05) is 38.1 Å². The molecule has 0 fully saturated rings. The van der Waals surface area contributed by atoms with Gasteiger partial charge >= 0.3 is 0 Å². The molecule has 2 unspecified atom stereocenters. The highest BCUT2D eigenvalue weighted by Gasteiger charge is 2.27. The average Bonchev–Trinajstić information content (AvgIpc) is 2.45. The van der Waals surface area contributed by atoms with Crippen LogP contribution in [-0.4, -0.2) is 30.2 Å². The lowest BCUT2D eigenvalue weighted by atomic mass is 9.93. The van der Waals surface area contributed by atoms with Crippen molar-refractivity contribution in [3.8, 4) is 0 Å². The Hall–Kier alpha value is -1.39. The first-order valence-electron chi connectivity index (χ1n) is 7.34. The van der Waals surface area contributed by atoms with E-state index in [0.717, 1.165) is 24.9 Å². The zero-order valence-electron chi connectivity index (χ0n) is 12.2. The minimum Gasteiger partial charge on any atom is -0.394 e. The van der Waals surface area contributed by atoms with Crippen molar-refractivity contribution in [3.05, 3.63) is 35.4 Å². The Bertz CT molecular complexity index is 460. The Kier molecular flexibility index (Phi) is 5.15. The number of fused-ring (bicyclic) bond motifs is 1. The van der Waals surface area contributed by atoms with Crippen LogP contribution in [0.3, 0.4) is 0 Å². The zero-order valence-corrected chi connectivity index (χ0v) is 12.2. The molecule has 4 nitrogen and oxygen atoms in total. The predicted molar refractivity (Wildman–Crippen MR) is 79.4 cm³/mol. The third-order valence-corrected chi connectivity index (χ3v) is 3.69. The van der Waals surface area contributed by atoms with Gasteiger partial charge in [0.25, 0.3) is 0 Å². The van der Waals surface area contributed by atoms with Gasteiger partial charge in [-0.05, 0) is 29.9 Å². The maximum Gasteiger partial charge on any atom is 0.242 e. The van der Waals surface area contributed by atoms with Crippen LogP contribution in [0.2, 0.25) is 0 Å². The largest absolute Gasteiger partial charge is 0.394 e. The van der Waals surface area contributed by atoms with E-state index in [1.54, 1.807) is 0 Å². The standard InChI is InChI=1S/C16H24N2O2/c1-11(2)9-13(10-19)18-16(20)15-14-6-4-3-5-12(14)7-8-17-15/h3-6,11,13,15,17,19H,7-10H2,1-2H3,(H,18,20). The number of benzene rings is 1. The Morgan fingerprint density at radius 3 is 2.90 bits per heavy atom. The van der Waals surface area contributed by atoms with Crippen LogP contribution in [0.5, 0.6) is 0 Å². The van der Waals surface area contributed by atoms with Crippen molar-refractivity contribution in [2.24, 2.45) is 5.92 Å². The topological polar surface area (TPSA) is 61.4 Å². The van der Waals surface area contributed by atoms with E-state index in [0.29, 0.717) is 5.92 Å². The van der Waals surface area contributed by atoms with Crippen LogP contribution < -0.4 is 10.6 Å². The van der Waals surface area contributed by atoms with Gasteiger partial charge in [-0.15, -0.1) is 0 Å². The quantitative estimate of drug-likeness (QED) is 0.762.